The fraction of sp³-hybridized carbons (Fsp3) is 0.241. The van der Waals surface area contributed by atoms with Crippen LogP contribution in [0.5, 0.6) is 0 Å². The van der Waals surface area contributed by atoms with Crippen LogP contribution in [-0.4, -0.2) is 48.0 Å². The van der Waals surface area contributed by atoms with Gasteiger partial charge >= 0.3 is 5.97 Å². The van der Waals surface area contributed by atoms with Gasteiger partial charge in [0, 0.05) is 29.5 Å². The van der Waals surface area contributed by atoms with Gasteiger partial charge in [0.1, 0.15) is 5.84 Å². The first kappa shape index (κ1) is 28.1. The van der Waals surface area contributed by atoms with Gasteiger partial charge in [0.15, 0.2) is 0 Å². The number of amidine groups is 1. The number of ether oxygens (including phenoxy) is 1. The van der Waals surface area contributed by atoms with Crippen LogP contribution < -0.4 is 16.4 Å². The van der Waals surface area contributed by atoms with Crippen LogP contribution in [0.15, 0.2) is 66.7 Å². The first-order chi connectivity index (χ1) is 18.0. The molecule has 0 aliphatic carbocycles. The number of hydrogen-bond acceptors (Lipinski definition) is 5. The SMILES string of the molecule is COC(C)C(NC(=O)c1ccc(-c2ccccc2C(=O)Nc2ccc(C(=N)N)cc2)c(C(=O)O)c1)C(C)C. The molecule has 2 unspecified atom stereocenters. The Hall–Kier alpha value is -4.50. The fourth-order valence-corrected chi connectivity index (χ4v) is 4.15. The van der Waals surface area contributed by atoms with E-state index in [0.717, 1.165) is 0 Å². The normalized spacial score (nSPS) is 12.4. The van der Waals surface area contributed by atoms with Gasteiger partial charge in [0.2, 0.25) is 0 Å². The number of carboxylic acids is 1. The Morgan fingerprint density at radius 1 is 0.868 bits per heavy atom. The lowest BCUT2D eigenvalue weighted by molar-refractivity contribution is 0.0585. The molecular weight excluding hydrogens is 484 g/mol. The average molecular weight is 517 g/mol. The number of nitrogen functional groups attached to an aromatic ring is 1. The van der Waals surface area contributed by atoms with E-state index in [-0.39, 0.29) is 40.6 Å². The zero-order chi connectivity index (χ0) is 28.0. The third-order valence-corrected chi connectivity index (χ3v) is 6.32. The number of benzene rings is 3. The standard InChI is InChI=1S/C29H32N4O5/c1-16(2)25(17(3)38-4)33-27(34)19-11-14-22(24(15-19)29(36)37)21-7-5-6-8-23(21)28(35)32-20-12-9-18(10-13-20)26(30)31/h5-17,25H,1-4H3,(H3,30,31)(H,32,35)(H,33,34)(H,36,37). The van der Waals surface area contributed by atoms with Gasteiger partial charge in [0.25, 0.3) is 11.8 Å². The first-order valence-corrected chi connectivity index (χ1v) is 12.1. The van der Waals surface area contributed by atoms with Gasteiger partial charge in [-0.2, -0.15) is 0 Å². The van der Waals surface area contributed by atoms with Gasteiger partial charge in [-0.3, -0.25) is 15.0 Å². The molecule has 0 spiro atoms. The topological polar surface area (TPSA) is 155 Å². The zero-order valence-electron chi connectivity index (χ0n) is 21.7. The molecule has 3 aromatic rings. The number of nitrogens with one attached hydrogen (secondary N) is 3. The Bertz CT molecular complexity index is 1350. The van der Waals surface area contributed by atoms with E-state index >= 15 is 0 Å². The largest absolute Gasteiger partial charge is 0.478 e. The van der Waals surface area contributed by atoms with E-state index in [0.29, 0.717) is 22.4 Å². The highest BCUT2D eigenvalue weighted by atomic mass is 16.5. The molecule has 9 nitrogen and oxygen atoms in total. The Balaban J connectivity index is 1.94. The first-order valence-electron chi connectivity index (χ1n) is 12.1. The summed E-state index contributed by atoms with van der Waals surface area (Å²) in [7, 11) is 1.57. The van der Waals surface area contributed by atoms with E-state index in [2.05, 4.69) is 10.6 Å². The molecule has 3 aromatic carbocycles. The molecule has 0 heterocycles. The van der Waals surface area contributed by atoms with Crippen molar-refractivity contribution in [2.45, 2.75) is 32.9 Å². The van der Waals surface area contributed by atoms with Crippen molar-refractivity contribution in [1.29, 1.82) is 5.41 Å². The fourth-order valence-electron chi connectivity index (χ4n) is 4.15. The second-order valence-corrected chi connectivity index (χ2v) is 9.24. The third-order valence-electron chi connectivity index (χ3n) is 6.32. The lowest BCUT2D eigenvalue weighted by Crippen LogP contribution is -2.46. The minimum atomic E-state index is -1.23. The molecule has 0 bridgehead atoms. The van der Waals surface area contributed by atoms with Crippen LogP contribution in [0.1, 0.15) is 57.4 Å². The van der Waals surface area contributed by atoms with E-state index in [1.165, 1.54) is 12.1 Å². The molecule has 0 aromatic heterocycles. The van der Waals surface area contributed by atoms with E-state index in [4.69, 9.17) is 15.9 Å². The van der Waals surface area contributed by atoms with Crippen molar-refractivity contribution in [2.75, 3.05) is 12.4 Å². The van der Waals surface area contributed by atoms with Crippen LogP contribution in [0.2, 0.25) is 0 Å². The summed E-state index contributed by atoms with van der Waals surface area (Å²) < 4.78 is 5.38. The average Bonchev–Trinajstić information content (AvgIpc) is 2.90. The number of anilines is 1. The number of methoxy groups -OCH3 is 1. The molecule has 2 amide bonds. The summed E-state index contributed by atoms with van der Waals surface area (Å²) in [4.78, 5) is 38.4. The third kappa shape index (κ3) is 6.43. The summed E-state index contributed by atoms with van der Waals surface area (Å²) in [5.74, 6) is -2.07. The van der Waals surface area contributed by atoms with E-state index < -0.39 is 17.8 Å². The maximum absolute atomic E-state index is 13.2. The summed E-state index contributed by atoms with van der Waals surface area (Å²) in [6.07, 6.45) is -0.235. The van der Waals surface area contributed by atoms with Gasteiger partial charge in [-0.1, -0.05) is 38.1 Å². The van der Waals surface area contributed by atoms with Crippen molar-refractivity contribution < 1.29 is 24.2 Å². The predicted molar refractivity (Wildman–Crippen MR) is 147 cm³/mol. The molecule has 0 aliphatic heterocycles. The predicted octanol–water partition coefficient (Wildman–Crippen LogP) is 4.38. The molecular formula is C29H32N4O5. The second kappa shape index (κ2) is 12.2. The number of aromatic carboxylic acids is 1. The smallest absolute Gasteiger partial charge is 0.336 e. The van der Waals surface area contributed by atoms with Gasteiger partial charge < -0.3 is 26.2 Å². The number of carbonyl (C=O) groups excluding carboxylic acids is 2. The van der Waals surface area contributed by atoms with Crippen molar-refractivity contribution in [2.24, 2.45) is 11.7 Å². The Morgan fingerprint density at radius 3 is 2.05 bits per heavy atom. The van der Waals surface area contributed by atoms with Crippen molar-refractivity contribution in [3.8, 4) is 11.1 Å². The number of nitrogens with two attached hydrogens (primary N) is 1. The molecule has 0 fully saturated rings. The highest BCUT2D eigenvalue weighted by Gasteiger charge is 2.25. The summed E-state index contributed by atoms with van der Waals surface area (Å²) in [6.45, 7) is 5.79. The number of rotatable bonds is 10. The van der Waals surface area contributed by atoms with Crippen LogP contribution in [0.25, 0.3) is 11.1 Å². The number of amides is 2. The highest BCUT2D eigenvalue weighted by Crippen LogP contribution is 2.29. The molecule has 3 rings (SSSR count). The maximum atomic E-state index is 13.2. The van der Waals surface area contributed by atoms with E-state index in [1.807, 2.05) is 20.8 Å². The molecule has 198 valence electrons. The van der Waals surface area contributed by atoms with E-state index in [9.17, 15) is 19.5 Å². The van der Waals surface area contributed by atoms with Gasteiger partial charge in [0.05, 0.1) is 17.7 Å². The van der Waals surface area contributed by atoms with Crippen molar-refractivity contribution in [1.82, 2.24) is 5.32 Å². The van der Waals surface area contributed by atoms with Crippen LogP contribution in [0.3, 0.4) is 0 Å². The molecule has 0 saturated carbocycles. The van der Waals surface area contributed by atoms with Crippen LogP contribution >= 0.6 is 0 Å². The maximum Gasteiger partial charge on any atom is 0.336 e. The Kier molecular flexibility index (Phi) is 8.98. The summed E-state index contributed by atoms with van der Waals surface area (Å²) in [6, 6.07) is 17.3. The molecule has 6 N–H and O–H groups in total. The Morgan fingerprint density at radius 2 is 1.47 bits per heavy atom. The van der Waals surface area contributed by atoms with Gasteiger partial charge in [-0.15, -0.1) is 0 Å². The summed E-state index contributed by atoms with van der Waals surface area (Å²) >= 11 is 0. The van der Waals surface area contributed by atoms with Crippen LogP contribution in [0, 0.1) is 11.3 Å². The van der Waals surface area contributed by atoms with Crippen LogP contribution in [-0.2, 0) is 4.74 Å². The minimum absolute atomic E-state index is 0.0838. The molecule has 0 saturated heterocycles. The van der Waals surface area contributed by atoms with Gasteiger partial charge in [-0.05, 0) is 66.4 Å². The van der Waals surface area contributed by atoms with Crippen molar-refractivity contribution in [3.63, 3.8) is 0 Å². The second-order valence-electron chi connectivity index (χ2n) is 9.24. The highest BCUT2D eigenvalue weighted by molar-refractivity contribution is 6.11. The number of carbonyl (C=O) groups is 3. The summed E-state index contributed by atoms with van der Waals surface area (Å²) in [5, 5.41) is 23.2. The van der Waals surface area contributed by atoms with Crippen LogP contribution in [0.4, 0.5) is 5.69 Å². The van der Waals surface area contributed by atoms with Crippen molar-refractivity contribution >= 4 is 29.3 Å². The quantitative estimate of drug-likeness (QED) is 0.199. The Labute approximate surface area is 221 Å². The summed E-state index contributed by atoms with van der Waals surface area (Å²) in [5.41, 5.74) is 7.55. The molecule has 9 heteroatoms. The minimum Gasteiger partial charge on any atom is -0.478 e. The van der Waals surface area contributed by atoms with Gasteiger partial charge in [-0.25, -0.2) is 4.79 Å². The van der Waals surface area contributed by atoms with E-state index in [1.54, 1.807) is 61.7 Å². The molecule has 0 aliphatic rings. The lowest BCUT2D eigenvalue weighted by Gasteiger charge is -2.27. The number of carboxylic acid groups (broad SMARTS) is 1. The van der Waals surface area contributed by atoms with Crippen molar-refractivity contribution in [3.05, 3.63) is 89.0 Å². The molecule has 2 atom stereocenters. The molecule has 0 radical (unpaired) electrons. The monoisotopic (exact) mass is 516 g/mol. The lowest BCUT2D eigenvalue weighted by atomic mass is 9.93. The molecule has 38 heavy (non-hydrogen) atoms. The number of hydrogen-bond donors (Lipinski definition) is 5. The zero-order valence-corrected chi connectivity index (χ0v) is 21.7.